The number of amides is 2. The highest BCUT2D eigenvalue weighted by atomic mass is 32.2. The molecule has 0 saturated carbocycles. The third-order valence-electron chi connectivity index (χ3n) is 4.56. The quantitative estimate of drug-likeness (QED) is 0.836. The number of thioether (sulfide) groups is 1. The molecule has 1 aromatic rings. The molecule has 1 saturated heterocycles. The van der Waals surface area contributed by atoms with Crippen molar-refractivity contribution < 1.29 is 19.1 Å². The molecule has 3 rings (SSSR count). The van der Waals surface area contributed by atoms with Crippen LogP contribution in [-0.2, 0) is 14.3 Å². The Kier molecular flexibility index (Phi) is 5.32. The number of esters is 1. The lowest BCUT2D eigenvalue weighted by atomic mass is 9.96. The molecule has 25 heavy (non-hydrogen) atoms. The van der Waals surface area contributed by atoms with Crippen LogP contribution in [-0.4, -0.2) is 47.6 Å². The summed E-state index contributed by atoms with van der Waals surface area (Å²) in [5.41, 5.74) is 1.25. The van der Waals surface area contributed by atoms with E-state index in [-0.39, 0.29) is 29.0 Å². The van der Waals surface area contributed by atoms with E-state index in [1.807, 2.05) is 13.0 Å². The van der Waals surface area contributed by atoms with Crippen LogP contribution in [0.2, 0.25) is 0 Å². The molecule has 0 aliphatic carbocycles. The minimum absolute atomic E-state index is 0.0441. The molecular formula is C18H22N2O4S. The predicted molar refractivity (Wildman–Crippen MR) is 95.7 cm³/mol. The van der Waals surface area contributed by atoms with Crippen LogP contribution < -0.4 is 5.32 Å². The first-order valence-corrected chi connectivity index (χ1v) is 9.45. The number of fused-ring (bicyclic) bond motifs is 1. The van der Waals surface area contributed by atoms with Crippen molar-refractivity contribution in [3.05, 3.63) is 23.8 Å². The summed E-state index contributed by atoms with van der Waals surface area (Å²) >= 11 is 1.50. The number of anilines is 1. The van der Waals surface area contributed by atoms with Crippen LogP contribution in [0.4, 0.5) is 5.69 Å². The maximum atomic E-state index is 12.7. The molecule has 0 unspecified atom stereocenters. The topological polar surface area (TPSA) is 75.7 Å². The number of benzene rings is 1. The van der Waals surface area contributed by atoms with E-state index in [9.17, 15) is 14.4 Å². The number of hydrogen-bond donors (Lipinski definition) is 1. The lowest BCUT2D eigenvalue weighted by Gasteiger charge is -2.31. The molecule has 0 radical (unpaired) electrons. The Morgan fingerprint density at radius 1 is 1.32 bits per heavy atom. The van der Waals surface area contributed by atoms with Crippen molar-refractivity contribution in [2.24, 2.45) is 5.92 Å². The van der Waals surface area contributed by atoms with E-state index in [1.165, 1.54) is 11.8 Å². The molecule has 7 heteroatoms. The zero-order valence-corrected chi connectivity index (χ0v) is 15.2. The van der Waals surface area contributed by atoms with E-state index in [4.69, 9.17) is 4.74 Å². The Hall–Kier alpha value is -2.02. The Morgan fingerprint density at radius 3 is 2.72 bits per heavy atom. The summed E-state index contributed by atoms with van der Waals surface area (Å²) in [5.74, 6) is -0.401. The van der Waals surface area contributed by atoms with Gasteiger partial charge in [0.1, 0.15) is 0 Å². The Balaban J connectivity index is 1.66. The number of nitrogens with zero attached hydrogens (tertiary/aromatic N) is 1. The number of piperidine rings is 1. The van der Waals surface area contributed by atoms with E-state index in [1.54, 1.807) is 24.0 Å². The van der Waals surface area contributed by atoms with Crippen molar-refractivity contribution in [3.63, 3.8) is 0 Å². The SMILES string of the molecule is CCOC(=O)C1CCN(C(=O)c2ccc3c(c2)NC(=O)[C@H](C)S3)CC1. The standard InChI is InChI=1S/C18H22N2O4S/c1-3-24-18(23)12-6-8-20(9-7-12)17(22)13-4-5-15-14(10-13)19-16(21)11(2)25-15/h4-5,10-12H,3,6-9H2,1-2H3,(H,19,21)/t11-/m0/s1. The monoisotopic (exact) mass is 362 g/mol. The van der Waals surface area contributed by atoms with Crippen molar-refractivity contribution >= 4 is 35.2 Å². The predicted octanol–water partition coefficient (Wildman–Crippen LogP) is 2.53. The second-order valence-corrected chi connectivity index (χ2v) is 7.66. The molecule has 2 aliphatic rings. The minimum atomic E-state index is -0.169. The average molecular weight is 362 g/mol. The molecule has 2 amide bonds. The first-order valence-electron chi connectivity index (χ1n) is 8.57. The van der Waals surface area contributed by atoms with Crippen LogP contribution in [0.15, 0.2) is 23.1 Å². The van der Waals surface area contributed by atoms with Gasteiger partial charge >= 0.3 is 5.97 Å². The van der Waals surface area contributed by atoms with Crippen molar-refractivity contribution in [1.82, 2.24) is 4.90 Å². The molecule has 0 aromatic heterocycles. The van der Waals surface area contributed by atoms with Gasteiger partial charge in [-0.2, -0.15) is 0 Å². The maximum Gasteiger partial charge on any atom is 0.309 e. The summed E-state index contributed by atoms with van der Waals surface area (Å²) in [7, 11) is 0. The van der Waals surface area contributed by atoms with Crippen molar-refractivity contribution in [1.29, 1.82) is 0 Å². The molecule has 0 spiro atoms. The number of carbonyl (C=O) groups excluding carboxylic acids is 3. The molecule has 134 valence electrons. The Labute approximate surface area is 151 Å². The fourth-order valence-electron chi connectivity index (χ4n) is 3.10. The van der Waals surface area contributed by atoms with Gasteiger partial charge < -0.3 is 15.0 Å². The molecule has 2 aliphatic heterocycles. The van der Waals surface area contributed by atoms with Crippen molar-refractivity contribution in [2.75, 3.05) is 25.0 Å². The number of ether oxygens (including phenoxy) is 1. The van der Waals surface area contributed by atoms with Gasteiger partial charge in [0.2, 0.25) is 5.91 Å². The zero-order chi connectivity index (χ0) is 18.0. The summed E-state index contributed by atoms with van der Waals surface area (Å²) < 4.78 is 5.06. The summed E-state index contributed by atoms with van der Waals surface area (Å²) in [5, 5.41) is 2.72. The van der Waals surface area contributed by atoms with Crippen LogP contribution in [0.5, 0.6) is 0 Å². The van der Waals surface area contributed by atoms with E-state index in [0.29, 0.717) is 43.8 Å². The summed E-state index contributed by atoms with van der Waals surface area (Å²) in [6.07, 6.45) is 1.25. The zero-order valence-electron chi connectivity index (χ0n) is 14.4. The number of rotatable bonds is 3. The van der Waals surface area contributed by atoms with Gasteiger partial charge in [-0.25, -0.2) is 0 Å². The van der Waals surface area contributed by atoms with Gasteiger partial charge in [0, 0.05) is 23.5 Å². The maximum absolute atomic E-state index is 12.7. The smallest absolute Gasteiger partial charge is 0.309 e. The molecule has 6 nitrogen and oxygen atoms in total. The first-order chi connectivity index (χ1) is 12.0. The second-order valence-electron chi connectivity index (χ2n) is 6.28. The van der Waals surface area contributed by atoms with Gasteiger partial charge in [0.05, 0.1) is 23.5 Å². The minimum Gasteiger partial charge on any atom is -0.466 e. The van der Waals surface area contributed by atoms with Crippen molar-refractivity contribution in [3.8, 4) is 0 Å². The molecule has 1 atom stereocenters. The van der Waals surface area contributed by atoms with E-state index < -0.39 is 0 Å². The first kappa shape index (κ1) is 17.8. The molecule has 1 aromatic carbocycles. The average Bonchev–Trinajstić information content (AvgIpc) is 2.62. The third kappa shape index (κ3) is 3.81. The van der Waals surface area contributed by atoms with Crippen LogP contribution in [0.1, 0.15) is 37.0 Å². The number of nitrogens with one attached hydrogen (secondary N) is 1. The highest BCUT2D eigenvalue weighted by Gasteiger charge is 2.29. The lowest BCUT2D eigenvalue weighted by molar-refractivity contribution is -0.149. The van der Waals surface area contributed by atoms with Gasteiger partial charge in [0.15, 0.2) is 0 Å². The van der Waals surface area contributed by atoms with Crippen LogP contribution in [0, 0.1) is 5.92 Å². The van der Waals surface area contributed by atoms with E-state index in [2.05, 4.69) is 5.32 Å². The summed E-state index contributed by atoms with van der Waals surface area (Å²) in [4.78, 5) is 39.1. The Bertz CT molecular complexity index is 698. The van der Waals surface area contributed by atoms with Gasteiger partial charge in [-0.05, 0) is 44.9 Å². The number of carbonyl (C=O) groups is 3. The molecule has 1 fully saturated rings. The van der Waals surface area contributed by atoms with Crippen LogP contribution in [0.25, 0.3) is 0 Å². The Morgan fingerprint density at radius 2 is 2.04 bits per heavy atom. The van der Waals surface area contributed by atoms with Gasteiger partial charge in [0.25, 0.3) is 5.91 Å². The van der Waals surface area contributed by atoms with Gasteiger partial charge in [-0.1, -0.05) is 0 Å². The van der Waals surface area contributed by atoms with Crippen LogP contribution in [0.3, 0.4) is 0 Å². The van der Waals surface area contributed by atoms with Crippen molar-refractivity contribution in [2.45, 2.75) is 36.8 Å². The second kappa shape index (κ2) is 7.47. The molecule has 0 bridgehead atoms. The fraction of sp³-hybridized carbons (Fsp3) is 0.500. The lowest BCUT2D eigenvalue weighted by Crippen LogP contribution is -2.40. The fourth-order valence-corrected chi connectivity index (χ4v) is 4.03. The van der Waals surface area contributed by atoms with E-state index >= 15 is 0 Å². The highest BCUT2D eigenvalue weighted by molar-refractivity contribution is 8.00. The molecular weight excluding hydrogens is 340 g/mol. The largest absolute Gasteiger partial charge is 0.466 e. The molecule has 2 heterocycles. The van der Waals surface area contributed by atoms with Crippen LogP contribution >= 0.6 is 11.8 Å². The summed E-state index contributed by atoms with van der Waals surface area (Å²) in [6, 6.07) is 5.43. The van der Waals surface area contributed by atoms with Gasteiger partial charge in [-0.15, -0.1) is 11.8 Å². The van der Waals surface area contributed by atoms with E-state index in [0.717, 1.165) is 4.90 Å². The highest BCUT2D eigenvalue weighted by Crippen LogP contribution is 2.36. The number of hydrogen-bond acceptors (Lipinski definition) is 5. The summed E-state index contributed by atoms with van der Waals surface area (Å²) in [6.45, 7) is 5.12. The normalized spacial score (nSPS) is 20.6. The number of likely N-dealkylation sites (tertiary alicyclic amines) is 1. The molecule has 1 N–H and O–H groups in total. The van der Waals surface area contributed by atoms with Gasteiger partial charge in [-0.3, -0.25) is 14.4 Å². The third-order valence-corrected chi connectivity index (χ3v) is 5.74.